The molecule has 0 radical (unpaired) electrons. The first-order chi connectivity index (χ1) is 11.8. The lowest BCUT2D eigenvalue weighted by Gasteiger charge is -2.31. The zero-order valence-electron chi connectivity index (χ0n) is 19.0. The molecule has 0 spiro atoms. The average Bonchev–Trinajstić information content (AvgIpc) is 2.44. The quantitative estimate of drug-likeness (QED) is 0.459. The molecule has 0 aliphatic rings. The summed E-state index contributed by atoms with van der Waals surface area (Å²) in [7, 11) is 0. The van der Waals surface area contributed by atoms with Crippen LogP contribution in [0.25, 0.3) is 0 Å². The molecule has 0 heterocycles. The van der Waals surface area contributed by atoms with Gasteiger partial charge in [-0.25, -0.2) is 0 Å². The van der Waals surface area contributed by atoms with E-state index < -0.39 is 0 Å². The fourth-order valence-electron chi connectivity index (χ4n) is 2.72. The number of hydrogen-bond donors (Lipinski definition) is 1. The molecule has 0 amide bonds. The minimum absolute atomic E-state index is 0.137. The molecule has 1 unspecified atom stereocenters. The molecule has 0 saturated carbocycles. The van der Waals surface area contributed by atoms with Crippen molar-refractivity contribution >= 4 is 5.78 Å². The third-order valence-electron chi connectivity index (χ3n) is 4.69. The molecular weight excluding hydrogens is 326 g/mol. The Morgan fingerprint density at radius 1 is 0.923 bits per heavy atom. The molecule has 1 N–H and O–H groups in total. The van der Waals surface area contributed by atoms with Crippen molar-refractivity contribution in [2.45, 2.75) is 111 Å². The lowest BCUT2D eigenvalue weighted by molar-refractivity contribution is -0.125. The third kappa shape index (κ3) is 13.7. The van der Waals surface area contributed by atoms with Crippen LogP contribution in [0.15, 0.2) is 0 Å². The van der Waals surface area contributed by atoms with Crippen LogP contribution in [0.2, 0.25) is 0 Å². The Morgan fingerprint density at radius 2 is 1.46 bits per heavy atom. The van der Waals surface area contributed by atoms with Crippen molar-refractivity contribution in [1.82, 2.24) is 5.32 Å². The van der Waals surface area contributed by atoms with E-state index in [2.05, 4.69) is 60.7 Å². The topological polar surface area (TPSA) is 47.6 Å². The van der Waals surface area contributed by atoms with Crippen LogP contribution in [-0.4, -0.2) is 42.3 Å². The highest BCUT2D eigenvalue weighted by Gasteiger charge is 2.23. The third-order valence-corrected chi connectivity index (χ3v) is 4.69. The van der Waals surface area contributed by atoms with Crippen molar-refractivity contribution in [3.63, 3.8) is 0 Å². The Balaban J connectivity index is 4.06. The molecule has 0 saturated heterocycles. The second-order valence-corrected chi connectivity index (χ2v) is 9.80. The van der Waals surface area contributed by atoms with Gasteiger partial charge in [-0.15, -0.1) is 0 Å². The normalized spacial score (nSPS) is 14.5. The van der Waals surface area contributed by atoms with Crippen LogP contribution in [0, 0.1) is 5.92 Å². The molecule has 0 aromatic rings. The molecule has 0 fully saturated rings. The molecule has 0 bridgehead atoms. The van der Waals surface area contributed by atoms with Crippen molar-refractivity contribution < 1.29 is 14.3 Å². The number of carbonyl (C=O) groups excluding carboxylic acids is 1. The molecule has 0 aromatic heterocycles. The Hall–Kier alpha value is -0.450. The molecule has 26 heavy (non-hydrogen) atoms. The monoisotopic (exact) mass is 371 g/mol. The van der Waals surface area contributed by atoms with E-state index in [0.717, 1.165) is 32.2 Å². The molecular formula is C22H45NO3. The van der Waals surface area contributed by atoms with Gasteiger partial charge in [-0.1, -0.05) is 20.3 Å². The summed E-state index contributed by atoms with van der Waals surface area (Å²) < 4.78 is 12.0. The standard InChI is InChI=1S/C22H45NO3/c1-10-11-18(2)19(24)12-16-25-22(8,9)14-17-26-21(6,7)13-15-23-20(3,4)5/h18,23H,10-17H2,1-9H3. The number of nitrogens with one attached hydrogen (secondary N) is 1. The lowest BCUT2D eigenvalue weighted by atomic mass is 9.99. The highest BCUT2D eigenvalue weighted by atomic mass is 16.5. The van der Waals surface area contributed by atoms with Gasteiger partial charge in [0.2, 0.25) is 0 Å². The zero-order chi connectivity index (χ0) is 20.4. The van der Waals surface area contributed by atoms with Crippen LogP contribution >= 0.6 is 0 Å². The predicted octanol–water partition coefficient (Wildman–Crippen LogP) is 5.14. The number of carbonyl (C=O) groups is 1. The van der Waals surface area contributed by atoms with Crippen LogP contribution in [-0.2, 0) is 14.3 Å². The molecule has 0 aromatic carbocycles. The minimum Gasteiger partial charge on any atom is -0.375 e. The van der Waals surface area contributed by atoms with Crippen molar-refractivity contribution in [3.8, 4) is 0 Å². The van der Waals surface area contributed by atoms with Crippen molar-refractivity contribution in [2.75, 3.05) is 19.8 Å². The Morgan fingerprint density at radius 3 is 2.00 bits per heavy atom. The second kappa shape index (κ2) is 11.4. The lowest BCUT2D eigenvalue weighted by Crippen LogP contribution is -2.40. The average molecular weight is 372 g/mol. The molecule has 4 nitrogen and oxygen atoms in total. The smallest absolute Gasteiger partial charge is 0.137 e. The number of rotatable bonds is 14. The first-order valence-electron chi connectivity index (χ1n) is 10.3. The number of Topliss-reactive ketones (excluding diaryl/α,β-unsaturated/α-hetero) is 1. The summed E-state index contributed by atoms with van der Waals surface area (Å²) in [5.74, 6) is 0.462. The predicted molar refractivity (Wildman–Crippen MR) is 111 cm³/mol. The molecule has 0 aliphatic carbocycles. The Kier molecular flexibility index (Phi) is 11.2. The fourth-order valence-corrected chi connectivity index (χ4v) is 2.72. The summed E-state index contributed by atoms with van der Waals surface area (Å²) in [6.45, 7) is 21.2. The first kappa shape index (κ1) is 25.6. The second-order valence-electron chi connectivity index (χ2n) is 9.80. The molecule has 4 heteroatoms. The number of ether oxygens (including phenoxy) is 2. The van der Waals surface area contributed by atoms with E-state index in [1.807, 2.05) is 6.92 Å². The van der Waals surface area contributed by atoms with E-state index in [0.29, 0.717) is 25.4 Å². The van der Waals surface area contributed by atoms with E-state index >= 15 is 0 Å². The largest absolute Gasteiger partial charge is 0.375 e. The van der Waals surface area contributed by atoms with E-state index in [9.17, 15) is 4.79 Å². The first-order valence-corrected chi connectivity index (χ1v) is 10.3. The highest BCUT2D eigenvalue weighted by molar-refractivity contribution is 5.80. The van der Waals surface area contributed by atoms with Gasteiger partial charge in [-0.2, -0.15) is 0 Å². The van der Waals surface area contributed by atoms with E-state index in [1.165, 1.54) is 0 Å². The molecule has 1 atom stereocenters. The number of hydrogen-bond acceptors (Lipinski definition) is 4. The zero-order valence-corrected chi connectivity index (χ0v) is 19.0. The van der Waals surface area contributed by atoms with Gasteiger partial charge >= 0.3 is 0 Å². The molecule has 156 valence electrons. The van der Waals surface area contributed by atoms with Gasteiger partial charge in [-0.05, 0) is 74.3 Å². The maximum Gasteiger partial charge on any atom is 0.137 e. The summed E-state index contributed by atoms with van der Waals surface area (Å²) in [4.78, 5) is 12.0. The SMILES string of the molecule is CCCC(C)C(=O)CCOC(C)(C)CCOC(C)(C)CCNC(C)(C)C. The van der Waals surface area contributed by atoms with E-state index in [4.69, 9.17) is 9.47 Å². The van der Waals surface area contributed by atoms with Gasteiger partial charge in [0.15, 0.2) is 0 Å². The van der Waals surface area contributed by atoms with Crippen LogP contribution in [0.4, 0.5) is 0 Å². The Labute approximate surface area is 162 Å². The van der Waals surface area contributed by atoms with Gasteiger partial charge < -0.3 is 14.8 Å². The van der Waals surface area contributed by atoms with Gasteiger partial charge in [-0.3, -0.25) is 4.79 Å². The summed E-state index contributed by atoms with van der Waals surface area (Å²) in [5.41, 5.74) is -0.286. The summed E-state index contributed by atoms with van der Waals surface area (Å²) in [6.07, 6.45) is 4.32. The fraction of sp³-hybridized carbons (Fsp3) is 0.955. The van der Waals surface area contributed by atoms with Gasteiger partial charge in [0.05, 0.1) is 24.4 Å². The van der Waals surface area contributed by atoms with Crippen molar-refractivity contribution in [2.24, 2.45) is 5.92 Å². The van der Waals surface area contributed by atoms with E-state index in [-0.39, 0.29) is 22.7 Å². The van der Waals surface area contributed by atoms with E-state index in [1.54, 1.807) is 0 Å². The van der Waals surface area contributed by atoms with Crippen LogP contribution in [0.3, 0.4) is 0 Å². The maximum atomic E-state index is 12.0. The minimum atomic E-state index is -0.270. The molecule has 0 rings (SSSR count). The van der Waals surface area contributed by atoms with Crippen LogP contribution < -0.4 is 5.32 Å². The highest BCUT2D eigenvalue weighted by Crippen LogP contribution is 2.20. The van der Waals surface area contributed by atoms with Gasteiger partial charge in [0, 0.05) is 17.9 Å². The number of ketones is 1. The van der Waals surface area contributed by atoms with Crippen molar-refractivity contribution in [1.29, 1.82) is 0 Å². The summed E-state index contributed by atoms with van der Waals surface area (Å²) in [5, 5.41) is 3.50. The van der Waals surface area contributed by atoms with Crippen molar-refractivity contribution in [3.05, 3.63) is 0 Å². The summed E-state index contributed by atoms with van der Waals surface area (Å²) in [6, 6.07) is 0. The summed E-state index contributed by atoms with van der Waals surface area (Å²) >= 11 is 0. The Bertz CT molecular complexity index is 397. The van der Waals surface area contributed by atoms with Gasteiger partial charge in [0.1, 0.15) is 5.78 Å². The molecule has 0 aliphatic heterocycles. The maximum absolute atomic E-state index is 12.0. The van der Waals surface area contributed by atoms with Gasteiger partial charge in [0.25, 0.3) is 0 Å². The van der Waals surface area contributed by atoms with Crippen LogP contribution in [0.5, 0.6) is 0 Å². The van der Waals surface area contributed by atoms with Crippen LogP contribution in [0.1, 0.15) is 94.4 Å².